The van der Waals surface area contributed by atoms with Gasteiger partial charge in [-0.25, -0.2) is 0 Å². The number of anilines is 3. The molecule has 10 aromatic carbocycles. The second-order valence-electron chi connectivity index (χ2n) is 15.6. The second kappa shape index (κ2) is 14.3. The molecule has 0 amide bonds. The van der Waals surface area contributed by atoms with Crippen molar-refractivity contribution >= 4 is 71.7 Å². The zero-order valence-corrected chi connectivity index (χ0v) is 33.1. The minimum Gasteiger partial charge on any atom is -0.456 e. The van der Waals surface area contributed by atoms with Crippen LogP contribution in [0.25, 0.3) is 99.2 Å². The van der Waals surface area contributed by atoms with E-state index < -0.39 is 0 Å². The number of hydrogen-bond acceptors (Lipinski definition) is 3. The Labute approximate surface area is 353 Å². The lowest BCUT2D eigenvalue weighted by molar-refractivity contribution is 0.663. The summed E-state index contributed by atoms with van der Waals surface area (Å²) < 4.78 is 13.4. The summed E-state index contributed by atoms with van der Waals surface area (Å²) in [4.78, 5) is 2.33. The predicted octanol–water partition coefficient (Wildman–Crippen LogP) is 16.8. The average molecular weight is 780 g/mol. The molecule has 0 aliphatic rings. The first kappa shape index (κ1) is 34.9. The summed E-state index contributed by atoms with van der Waals surface area (Å²) in [5.41, 5.74) is 15.8. The fraction of sp³-hybridized carbons (Fsp3) is 0. The maximum absolute atomic E-state index is 7.00. The van der Waals surface area contributed by atoms with Crippen molar-refractivity contribution in [2.75, 3.05) is 4.90 Å². The number of furan rings is 2. The third-order valence-corrected chi connectivity index (χ3v) is 12.1. The van der Waals surface area contributed by atoms with Gasteiger partial charge in [0.1, 0.15) is 22.3 Å². The fourth-order valence-corrected chi connectivity index (χ4v) is 9.19. The van der Waals surface area contributed by atoms with Gasteiger partial charge in [0, 0.05) is 44.2 Å². The number of fused-ring (bicyclic) bond motifs is 8. The monoisotopic (exact) mass is 779 g/mol. The van der Waals surface area contributed by atoms with E-state index in [2.05, 4.69) is 211 Å². The van der Waals surface area contributed by atoms with Crippen LogP contribution in [0.4, 0.5) is 17.1 Å². The Bertz CT molecular complexity index is 3460. The molecule has 61 heavy (non-hydrogen) atoms. The average Bonchev–Trinajstić information content (AvgIpc) is 3.92. The molecule has 0 spiro atoms. The molecule has 0 bridgehead atoms. The number of para-hydroxylation sites is 1. The predicted molar refractivity (Wildman–Crippen MR) is 255 cm³/mol. The lowest BCUT2D eigenvalue weighted by Gasteiger charge is -2.26. The highest BCUT2D eigenvalue weighted by molar-refractivity contribution is 6.30. The van der Waals surface area contributed by atoms with Crippen molar-refractivity contribution in [1.82, 2.24) is 0 Å². The van der Waals surface area contributed by atoms with Crippen LogP contribution in [0, 0.1) is 0 Å². The van der Waals surface area contributed by atoms with Crippen LogP contribution in [0.15, 0.2) is 233 Å². The number of hydrogen-bond donors (Lipinski definition) is 0. The van der Waals surface area contributed by atoms with Gasteiger partial charge in [-0.2, -0.15) is 0 Å². The third kappa shape index (κ3) is 5.90. The fourth-order valence-electron chi connectivity index (χ4n) is 9.19. The van der Waals surface area contributed by atoms with E-state index in [9.17, 15) is 0 Å². The normalized spacial score (nSPS) is 11.6. The van der Waals surface area contributed by atoms with Gasteiger partial charge in [0.25, 0.3) is 0 Å². The second-order valence-corrected chi connectivity index (χ2v) is 15.6. The first-order chi connectivity index (χ1) is 30.2. The van der Waals surface area contributed by atoms with Gasteiger partial charge < -0.3 is 13.7 Å². The molecule has 0 atom stereocenters. The van der Waals surface area contributed by atoms with Crippen LogP contribution in [0.2, 0.25) is 0 Å². The Hall–Kier alpha value is -8.14. The van der Waals surface area contributed by atoms with Gasteiger partial charge in [-0.3, -0.25) is 0 Å². The molecule has 0 fully saturated rings. The summed E-state index contributed by atoms with van der Waals surface area (Å²) in [5.74, 6) is 0. The molecular weight excluding hydrogens is 743 g/mol. The lowest BCUT2D eigenvalue weighted by Crippen LogP contribution is -2.09. The molecule has 2 aromatic heterocycles. The summed E-state index contributed by atoms with van der Waals surface area (Å²) in [6.07, 6.45) is 0. The van der Waals surface area contributed by atoms with E-state index >= 15 is 0 Å². The molecule has 0 radical (unpaired) electrons. The zero-order chi connectivity index (χ0) is 40.3. The molecule has 2 heterocycles. The summed E-state index contributed by atoms with van der Waals surface area (Å²) >= 11 is 0. The van der Waals surface area contributed by atoms with Crippen LogP contribution in [-0.4, -0.2) is 0 Å². The van der Waals surface area contributed by atoms with E-state index in [1.807, 2.05) is 18.2 Å². The molecule has 3 heteroatoms. The van der Waals surface area contributed by atoms with E-state index in [1.54, 1.807) is 0 Å². The maximum atomic E-state index is 7.00. The van der Waals surface area contributed by atoms with Crippen LogP contribution in [0.3, 0.4) is 0 Å². The highest BCUT2D eigenvalue weighted by Gasteiger charge is 2.23. The highest BCUT2D eigenvalue weighted by Crippen LogP contribution is 2.48. The summed E-state index contributed by atoms with van der Waals surface area (Å²) in [6.45, 7) is 0. The quantitative estimate of drug-likeness (QED) is 0.161. The Balaban J connectivity index is 1.02. The summed E-state index contributed by atoms with van der Waals surface area (Å²) in [5, 5.41) is 6.72. The Kier molecular flexibility index (Phi) is 8.17. The molecule has 12 rings (SSSR count). The van der Waals surface area contributed by atoms with Crippen molar-refractivity contribution in [3.63, 3.8) is 0 Å². The van der Waals surface area contributed by atoms with Crippen molar-refractivity contribution < 1.29 is 8.83 Å². The Morgan fingerprint density at radius 1 is 0.262 bits per heavy atom. The third-order valence-electron chi connectivity index (χ3n) is 12.1. The first-order valence-electron chi connectivity index (χ1n) is 20.7. The van der Waals surface area contributed by atoms with Gasteiger partial charge in [0.15, 0.2) is 0 Å². The van der Waals surface area contributed by atoms with E-state index in [0.717, 1.165) is 77.6 Å². The maximum Gasteiger partial charge on any atom is 0.143 e. The Morgan fingerprint density at radius 2 is 0.754 bits per heavy atom. The van der Waals surface area contributed by atoms with E-state index in [4.69, 9.17) is 8.83 Å². The van der Waals surface area contributed by atoms with E-state index in [0.29, 0.717) is 0 Å². The van der Waals surface area contributed by atoms with E-state index in [1.165, 1.54) is 38.6 Å². The van der Waals surface area contributed by atoms with Crippen molar-refractivity contribution in [1.29, 1.82) is 0 Å². The molecule has 286 valence electrons. The number of nitrogens with zero attached hydrogens (tertiary/aromatic N) is 1. The SMILES string of the molecule is c1ccc(-c2ccc(N(c3ccc(-c4ccccc4)cc3)c3ccc(-c4ccc(-c5cccc6ccccc56)c5c4oc4ccc6oc7ccccc7c6c45)cc3)cc2)cc1. The zero-order valence-electron chi connectivity index (χ0n) is 33.1. The van der Waals surface area contributed by atoms with Gasteiger partial charge >= 0.3 is 0 Å². The minimum atomic E-state index is 0.837. The molecular formula is C58H37NO2. The smallest absolute Gasteiger partial charge is 0.143 e. The van der Waals surface area contributed by atoms with Crippen molar-refractivity contribution in [3.05, 3.63) is 224 Å². The van der Waals surface area contributed by atoms with Crippen LogP contribution in [-0.2, 0) is 0 Å². The van der Waals surface area contributed by atoms with Crippen molar-refractivity contribution in [2.45, 2.75) is 0 Å². The van der Waals surface area contributed by atoms with Crippen molar-refractivity contribution in [2.24, 2.45) is 0 Å². The standard InChI is InChI=1S/C58H37NO2/c1-3-12-38(13-4-1)40-22-28-44(29-23-40)59(45-30-24-41(25-31-45)39-14-5-2-6-15-39)46-32-26-43(27-33-46)48-34-35-50(49-20-11-17-42-16-7-8-18-47(42)49)56-57-54(61-58(48)56)37-36-53-55(57)51-19-9-10-21-52(51)60-53/h1-37H. The lowest BCUT2D eigenvalue weighted by atomic mass is 9.91. The highest BCUT2D eigenvalue weighted by atomic mass is 16.3. The van der Waals surface area contributed by atoms with Gasteiger partial charge in [-0.15, -0.1) is 0 Å². The van der Waals surface area contributed by atoms with Gasteiger partial charge in [-0.05, 0) is 110 Å². The van der Waals surface area contributed by atoms with Gasteiger partial charge in [0.2, 0.25) is 0 Å². The first-order valence-corrected chi connectivity index (χ1v) is 20.7. The molecule has 0 saturated heterocycles. The van der Waals surface area contributed by atoms with Gasteiger partial charge in [-0.1, -0.05) is 164 Å². The molecule has 0 aliphatic carbocycles. The van der Waals surface area contributed by atoms with Crippen molar-refractivity contribution in [3.8, 4) is 44.5 Å². The molecule has 0 unspecified atom stereocenters. The summed E-state index contributed by atoms with van der Waals surface area (Å²) in [6, 6.07) is 79.7. The summed E-state index contributed by atoms with van der Waals surface area (Å²) in [7, 11) is 0. The van der Waals surface area contributed by atoms with Crippen LogP contribution in [0.5, 0.6) is 0 Å². The minimum absolute atomic E-state index is 0.837. The Morgan fingerprint density at radius 3 is 1.39 bits per heavy atom. The van der Waals surface area contributed by atoms with Crippen LogP contribution >= 0.6 is 0 Å². The van der Waals surface area contributed by atoms with Crippen LogP contribution in [0.1, 0.15) is 0 Å². The topological polar surface area (TPSA) is 29.5 Å². The van der Waals surface area contributed by atoms with Gasteiger partial charge in [0.05, 0.1) is 0 Å². The molecule has 12 aromatic rings. The molecule has 0 aliphatic heterocycles. The molecule has 0 saturated carbocycles. The molecule has 0 N–H and O–H groups in total. The number of benzene rings is 10. The van der Waals surface area contributed by atoms with Crippen LogP contribution < -0.4 is 4.90 Å². The molecule has 3 nitrogen and oxygen atoms in total. The van der Waals surface area contributed by atoms with E-state index in [-0.39, 0.29) is 0 Å². The largest absolute Gasteiger partial charge is 0.456 e. The number of rotatable bonds is 7.